The molecule has 0 saturated heterocycles. The molecule has 23 heavy (non-hydrogen) atoms. The Morgan fingerprint density at radius 3 is 2.87 bits per heavy atom. The average molecular weight is 351 g/mol. The highest BCUT2D eigenvalue weighted by molar-refractivity contribution is 8.13. The lowest BCUT2D eigenvalue weighted by atomic mass is 9.78. The number of rotatable bonds is 0. The molecule has 5 nitrogen and oxygen atoms in total. The largest absolute Gasteiger partial charge is 0.452 e. The maximum Gasteiger partial charge on any atom is 0.257 e. The van der Waals surface area contributed by atoms with Gasteiger partial charge in [0.15, 0.2) is 10.9 Å². The summed E-state index contributed by atoms with van der Waals surface area (Å²) >= 11 is 7.42. The van der Waals surface area contributed by atoms with E-state index in [9.17, 15) is 4.39 Å². The van der Waals surface area contributed by atoms with E-state index in [1.165, 1.54) is 11.8 Å². The minimum absolute atomic E-state index is 0.0371. The molecule has 0 fully saturated rings. The fourth-order valence-electron chi connectivity index (χ4n) is 3.06. The zero-order chi connectivity index (χ0) is 16.2. The van der Waals surface area contributed by atoms with Crippen LogP contribution in [0.2, 0.25) is 5.15 Å². The molecule has 1 atom stereocenters. The van der Waals surface area contributed by atoms with Gasteiger partial charge in [-0.25, -0.2) is 9.98 Å². The highest BCUT2D eigenvalue weighted by Crippen LogP contribution is 2.54. The van der Waals surface area contributed by atoms with Gasteiger partial charge in [-0.2, -0.15) is 4.39 Å². The molecule has 2 aliphatic rings. The molecule has 0 radical (unpaired) electrons. The van der Waals surface area contributed by atoms with Crippen LogP contribution in [0.15, 0.2) is 29.3 Å². The molecule has 1 unspecified atom stereocenters. The molecule has 2 aliphatic heterocycles. The Bertz CT molecular complexity index is 860. The molecular formula is C15H12ClFN4OS. The van der Waals surface area contributed by atoms with Gasteiger partial charge in [0.25, 0.3) is 5.95 Å². The van der Waals surface area contributed by atoms with Crippen LogP contribution in [0, 0.1) is 5.95 Å². The molecule has 0 aliphatic carbocycles. The highest BCUT2D eigenvalue weighted by Gasteiger charge is 2.45. The van der Waals surface area contributed by atoms with Crippen LogP contribution in [0.4, 0.5) is 10.1 Å². The van der Waals surface area contributed by atoms with Gasteiger partial charge >= 0.3 is 0 Å². The van der Waals surface area contributed by atoms with Crippen molar-refractivity contribution in [3.8, 4) is 11.5 Å². The number of nitrogens with zero attached hydrogens (tertiary/aromatic N) is 2. The van der Waals surface area contributed by atoms with Crippen molar-refractivity contribution in [2.45, 2.75) is 12.0 Å². The maximum atomic E-state index is 14.3. The molecule has 4 rings (SSSR count). The summed E-state index contributed by atoms with van der Waals surface area (Å²) in [4.78, 5) is 8.29. The minimum Gasteiger partial charge on any atom is -0.452 e. The Kier molecular flexibility index (Phi) is 3.18. The standard InChI is InChI=1S/C15H12ClFN4OS/c16-11-6-9-12(13(17)20-11)22-10-2-1-7(18)5-8(10)15(9)3-4-23-14(19)21-15/h1-2,5-6H,3-4,18H2,(H2,19,21). The molecule has 118 valence electrons. The lowest BCUT2D eigenvalue weighted by molar-refractivity contribution is 0.362. The zero-order valence-electron chi connectivity index (χ0n) is 11.8. The topological polar surface area (TPSA) is 86.5 Å². The number of halogens is 2. The van der Waals surface area contributed by atoms with E-state index in [1.807, 2.05) is 0 Å². The zero-order valence-corrected chi connectivity index (χ0v) is 13.4. The molecule has 1 aromatic carbocycles. The van der Waals surface area contributed by atoms with E-state index >= 15 is 0 Å². The normalized spacial score (nSPS) is 22.1. The molecule has 0 amide bonds. The van der Waals surface area contributed by atoms with Crippen molar-refractivity contribution in [3.63, 3.8) is 0 Å². The summed E-state index contributed by atoms with van der Waals surface area (Å²) in [5, 5.41) is 0.481. The van der Waals surface area contributed by atoms with E-state index in [4.69, 9.17) is 27.8 Å². The molecule has 1 aromatic heterocycles. The van der Waals surface area contributed by atoms with Gasteiger partial charge in [-0.1, -0.05) is 23.4 Å². The molecule has 3 heterocycles. The summed E-state index contributed by atoms with van der Waals surface area (Å²) in [5.41, 5.74) is 12.9. The van der Waals surface area contributed by atoms with Gasteiger partial charge in [-0.3, -0.25) is 0 Å². The van der Waals surface area contributed by atoms with Crippen molar-refractivity contribution < 1.29 is 9.13 Å². The molecule has 4 N–H and O–H groups in total. The first-order valence-corrected chi connectivity index (χ1v) is 8.28. The Hall–Kier alpha value is -1.99. The smallest absolute Gasteiger partial charge is 0.257 e. The van der Waals surface area contributed by atoms with Crippen molar-refractivity contribution in [1.29, 1.82) is 0 Å². The van der Waals surface area contributed by atoms with Gasteiger partial charge < -0.3 is 16.2 Å². The third-order valence-electron chi connectivity index (χ3n) is 4.02. The maximum absolute atomic E-state index is 14.3. The van der Waals surface area contributed by atoms with Gasteiger partial charge in [-0.05, 0) is 30.7 Å². The van der Waals surface area contributed by atoms with Crippen molar-refractivity contribution in [3.05, 3.63) is 46.5 Å². The predicted octanol–water partition coefficient (Wildman–Crippen LogP) is 3.26. The fourth-order valence-corrected chi connectivity index (χ4v) is 4.07. The lowest BCUT2D eigenvalue weighted by Crippen LogP contribution is -2.36. The van der Waals surface area contributed by atoms with Crippen LogP contribution in [0.25, 0.3) is 0 Å². The fraction of sp³-hybridized carbons (Fsp3) is 0.200. The second-order valence-electron chi connectivity index (χ2n) is 5.38. The van der Waals surface area contributed by atoms with Gasteiger partial charge in [0.05, 0.1) is 0 Å². The van der Waals surface area contributed by atoms with Crippen molar-refractivity contribution in [2.75, 3.05) is 11.5 Å². The molecule has 2 aromatic rings. The lowest BCUT2D eigenvalue weighted by Gasteiger charge is -2.39. The third kappa shape index (κ3) is 2.14. The minimum atomic E-state index is -0.860. The summed E-state index contributed by atoms with van der Waals surface area (Å²) in [6.07, 6.45) is 0.630. The van der Waals surface area contributed by atoms with Crippen molar-refractivity contribution in [2.24, 2.45) is 10.7 Å². The Labute approximate surface area is 140 Å². The summed E-state index contributed by atoms with van der Waals surface area (Å²) in [5.74, 6) is 0.513. The number of pyridine rings is 1. The van der Waals surface area contributed by atoms with E-state index in [-0.39, 0.29) is 10.9 Å². The second-order valence-corrected chi connectivity index (χ2v) is 6.88. The number of benzene rings is 1. The first kappa shape index (κ1) is 14.6. The molecule has 8 heteroatoms. The monoisotopic (exact) mass is 350 g/mol. The Balaban J connectivity index is 2.08. The SMILES string of the molecule is NC1=NC2(CCS1)c1cc(N)ccc1Oc1c2cc(Cl)nc1F. The Morgan fingerprint density at radius 2 is 2.09 bits per heavy atom. The van der Waals surface area contributed by atoms with Crippen LogP contribution in [-0.4, -0.2) is 15.9 Å². The van der Waals surface area contributed by atoms with Crippen LogP contribution in [0.3, 0.4) is 0 Å². The van der Waals surface area contributed by atoms with E-state index < -0.39 is 11.5 Å². The first-order chi connectivity index (χ1) is 11.0. The Morgan fingerprint density at radius 1 is 1.26 bits per heavy atom. The van der Waals surface area contributed by atoms with E-state index in [0.29, 0.717) is 28.6 Å². The number of aliphatic imine (C=N–C) groups is 1. The molecular weight excluding hydrogens is 339 g/mol. The van der Waals surface area contributed by atoms with E-state index in [0.717, 1.165) is 11.3 Å². The van der Waals surface area contributed by atoms with Gasteiger partial charge in [0, 0.05) is 22.6 Å². The number of aromatic nitrogens is 1. The summed E-state index contributed by atoms with van der Waals surface area (Å²) in [7, 11) is 0. The predicted molar refractivity (Wildman–Crippen MR) is 89.6 cm³/mol. The molecule has 1 spiro atoms. The van der Waals surface area contributed by atoms with Crippen LogP contribution in [0.1, 0.15) is 17.5 Å². The average Bonchev–Trinajstić information content (AvgIpc) is 2.50. The number of nitrogen functional groups attached to an aromatic ring is 1. The summed E-state index contributed by atoms with van der Waals surface area (Å²) in [6, 6.07) is 6.77. The number of fused-ring (bicyclic) bond motifs is 4. The quantitative estimate of drug-likeness (QED) is 0.562. The second kappa shape index (κ2) is 5.01. The van der Waals surface area contributed by atoms with Gasteiger partial charge in [0.1, 0.15) is 16.4 Å². The van der Waals surface area contributed by atoms with Crippen molar-refractivity contribution in [1.82, 2.24) is 4.98 Å². The van der Waals surface area contributed by atoms with Gasteiger partial charge in [0.2, 0.25) is 0 Å². The number of nitrogens with two attached hydrogens (primary N) is 2. The van der Waals surface area contributed by atoms with Crippen LogP contribution in [0.5, 0.6) is 11.5 Å². The number of hydrogen-bond acceptors (Lipinski definition) is 6. The first-order valence-electron chi connectivity index (χ1n) is 6.92. The number of amidine groups is 1. The molecule has 0 saturated carbocycles. The summed E-state index contributed by atoms with van der Waals surface area (Å²) < 4.78 is 20.0. The van der Waals surface area contributed by atoms with Crippen LogP contribution >= 0.6 is 23.4 Å². The molecule has 0 bridgehead atoms. The van der Waals surface area contributed by atoms with Gasteiger partial charge in [-0.15, -0.1) is 0 Å². The van der Waals surface area contributed by atoms with Crippen LogP contribution in [-0.2, 0) is 5.54 Å². The summed E-state index contributed by atoms with van der Waals surface area (Å²) in [6.45, 7) is 0. The highest BCUT2D eigenvalue weighted by atomic mass is 35.5. The number of ether oxygens (including phenoxy) is 1. The third-order valence-corrected chi connectivity index (χ3v) is 5.01. The van der Waals surface area contributed by atoms with Crippen molar-refractivity contribution >= 4 is 34.2 Å². The van der Waals surface area contributed by atoms with Crippen LogP contribution < -0.4 is 16.2 Å². The number of hydrogen-bond donors (Lipinski definition) is 2. The van der Waals surface area contributed by atoms with E-state index in [1.54, 1.807) is 24.3 Å². The number of thioether (sulfide) groups is 1. The van der Waals surface area contributed by atoms with E-state index in [2.05, 4.69) is 9.98 Å². The number of anilines is 1.